The van der Waals surface area contributed by atoms with Crippen LogP contribution in [-0.2, 0) is 18.3 Å². The van der Waals surface area contributed by atoms with Crippen molar-refractivity contribution in [2.45, 2.75) is 18.9 Å². The Labute approximate surface area is 164 Å². The average Bonchev–Trinajstić information content (AvgIpc) is 2.69. The Morgan fingerprint density at radius 3 is 2.50 bits per heavy atom. The van der Waals surface area contributed by atoms with Crippen molar-refractivity contribution in [2.24, 2.45) is 7.05 Å². The number of nitrogens with one attached hydrogen (secondary N) is 2. The summed E-state index contributed by atoms with van der Waals surface area (Å²) in [5.74, 6) is 0.575. The smallest absolute Gasteiger partial charge is 0.261 e. The lowest BCUT2D eigenvalue weighted by atomic mass is 10.1. The third-order valence-corrected chi connectivity index (χ3v) is 4.80. The van der Waals surface area contributed by atoms with Crippen LogP contribution in [0.1, 0.15) is 23.9 Å². The Morgan fingerprint density at radius 1 is 1.11 bits per heavy atom. The molecule has 146 valence electrons. The molecule has 6 nitrogen and oxygen atoms in total. The molecule has 1 amide bonds. The molecule has 3 aromatic rings. The summed E-state index contributed by atoms with van der Waals surface area (Å²) in [7, 11) is 5.84. The SMILES string of the molecule is Cn1c(CCC(=O)N[C@@H](C[NH+](C)C)c2ccccc2)nc2ccccc2c1=O. The van der Waals surface area contributed by atoms with Gasteiger partial charge in [0.05, 0.1) is 25.0 Å². The van der Waals surface area contributed by atoms with Crippen LogP contribution in [-0.4, -0.2) is 36.1 Å². The minimum atomic E-state index is -0.0839. The molecule has 2 N–H and O–H groups in total. The first-order valence-electron chi connectivity index (χ1n) is 9.53. The van der Waals surface area contributed by atoms with Crippen LogP contribution in [0.2, 0.25) is 0 Å². The normalized spacial score (nSPS) is 12.3. The first-order chi connectivity index (χ1) is 13.5. The van der Waals surface area contributed by atoms with E-state index >= 15 is 0 Å². The monoisotopic (exact) mass is 379 g/mol. The number of benzene rings is 2. The summed E-state index contributed by atoms with van der Waals surface area (Å²) in [5.41, 5.74) is 1.67. The molecule has 3 rings (SSSR count). The number of para-hydroxylation sites is 1. The molecule has 0 bridgehead atoms. The van der Waals surface area contributed by atoms with Crippen molar-refractivity contribution in [2.75, 3.05) is 20.6 Å². The lowest BCUT2D eigenvalue weighted by molar-refractivity contribution is -0.860. The Hall–Kier alpha value is -2.99. The van der Waals surface area contributed by atoms with E-state index in [-0.39, 0.29) is 23.9 Å². The van der Waals surface area contributed by atoms with Gasteiger partial charge in [0.2, 0.25) is 5.91 Å². The largest absolute Gasteiger partial charge is 0.344 e. The molecule has 0 aliphatic rings. The number of fused-ring (bicyclic) bond motifs is 1. The van der Waals surface area contributed by atoms with Gasteiger partial charge in [0, 0.05) is 19.9 Å². The third-order valence-electron chi connectivity index (χ3n) is 4.80. The van der Waals surface area contributed by atoms with E-state index in [1.54, 1.807) is 13.1 Å². The van der Waals surface area contributed by atoms with Gasteiger partial charge < -0.3 is 10.2 Å². The zero-order chi connectivity index (χ0) is 20.1. The summed E-state index contributed by atoms with van der Waals surface area (Å²) in [6.45, 7) is 0.794. The number of carbonyl (C=O) groups is 1. The molecule has 0 unspecified atom stereocenters. The highest BCUT2D eigenvalue weighted by atomic mass is 16.1. The van der Waals surface area contributed by atoms with Gasteiger partial charge in [0.25, 0.3) is 5.56 Å². The van der Waals surface area contributed by atoms with E-state index < -0.39 is 0 Å². The second-order valence-electron chi connectivity index (χ2n) is 7.35. The van der Waals surface area contributed by atoms with E-state index in [4.69, 9.17) is 0 Å². The fourth-order valence-electron chi connectivity index (χ4n) is 3.33. The van der Waals surface area contributed by atoms with Crippen molar-refractivity contribution >= 4 is 16.8 Å². The number of aromatic nitrogens is 2. The number of carbonyl (C=O) groups excluding carboxylic acids is 1. The van der Waals surface area contributed by atoms with Gasteiger partial charge in [-0.3, -0.25) is 14.2 Å². The Bertz CT molecular complexity index is 1010. The predicted molar refractivity (Wildman–Crippen MR) is 110 cm³/mol. The number of quaternary nitrogens is 1. The number of hydrogen-bond donors (Lipinski definition) is 2. The molecule has 1 aromatic heterocycles. The van der Waals surface area contributed by atoms with Gasteiger partial charge in [-0.1, -0.05) is 42.5 Å². The van der Waals surface area contributed by atoms with Crippen LogP contribution in [0.3, 0.4) is 0 Å². The zero-order valence-electron chi connectivity index (χ0n) is 16.6. The van der Waals surface area contributed by atoms with E-state index in [0.29, 0.717) is 23.1 Å². The zero-order valence-corrected chi connectivity index (χ0v) is 16.6. The Kier molecular flexibility index (Phi) is 6.21. The maximum Gasteiger partial charge on any atom is 0.261 e. The van der Waals surface area contributed by atoms with Gasteiger partial charge in [0.1, 0.15) is 18.4 Å². The molecule has 2 aromatic carbocycles. The maximum atomic E-state index is 12.6. The summed E-state index contributed by atoms with van der Waals surface area (Å²) in [5, 5.41) is 3.73. The lowest BCUT2D eigenvalue weighted by Crippen LogP contribution is -3.06. The van der Waals surface area contributed by atoms with E-state index in [2.05, 4.69) is 24.4 Å². The third kappa shape index (κ3) is 4.64. The standard InChI is InChI=1S/C22H26N4O2/c1-25(2)15-19(16-9-5-4-6-10-16)24-21(27)14-13-20-23-18-12-8-7-11-17(18)22(28)26(20)3/h4-12,19H,13-15H2,1-3H3,(H,24,27)/p+1/t19-/m0/s1. The highest BCUT2D eigenvalue weighted by Crippen LogP contribution is 2.12. The number of hydrogen-bond acceptors (Lipinski definition) is 3. The van der Waals surface area contributed by atoms with E-state index in [1.165, 1.54) is 9.47 Å². The molecule has 28 heavy (non-hydrogen) atoms. The lowest BCUT2D eigenvalue weighted by Gasteiger charge is -2.21. The fraction of sp³-hybridized carbons (Fsp3) is 0.318. The molecular weight excluding hydrogens is 352 g/mol. The van der Waals surface area contributed by atoms with Crippen LogP contribution in [0.4, 0.5) is 0 Å². The van der Waals surface area contributed by atoms with Crippen molar-refractivity contribution in [1.29, 1.82) is 0 Å². The highest BCUT2D eigenvalue weighted by molar-refractivity contribution is 5.78. The molecule has 0 saturated heterocycles. The van der Waals surface area contributed by atoms with Crippen LogP contribution >= 0.6 is 0 Å². The number of likely N-dealkylation sites (N-methyl/N-ethyl adjacent to an activating group) is 1. The van der Waals surface area contributed by atoms with Crippen LogP contribution < -0.4 is 15.8 Å². The molecule has 0 aliphatic heterocycles. The van der Waals surface area contributed by atoms with Gasteiger partial charge in [-0.2, -0.15) is 0 Å². The summed E-state index contributed by atoms with van der Waals surface area (Å²) in [4.78, 5) is 30.9. The summed E-state index contributed by atoms with van der Waals surface area (Å²) >= 11 is 0. The molecule has 0 fully saturated rings. The average molecular weight is 379 g/mol. The first-order valence-corrected chi connectivity index (χ1v) is 9.53. The summed E-state index contributed by atoms with van der Waals surface area (Å²) in [6, 6.07) is 17.2. The molecule has 1 atom stereocenters. The van der Waals surface area contributed by atoms with Gasteiger partial charge in [-0.05, 0) is 17.7 Å². The van der Waals surface area contributed by atoms with Crippen molar-refractivity contribution in [3.05, 3.63) is 76.3 Å². The fourth-order valence-corrected chi connectivity index (χ4v) is 3.33. The minimum absolute atomic E-state index is 0.0440. The first kappa shape index (κ1) is 19.8. The quantitative estimate of drug-likeness (QED) is 0.640. The van der Waals surface area contributed by atoms with Crippen LogP contribution in [0.5, 0.6) is 0 Å². The van der Waals surface area contributed by atoms with E-state index in [9.17, 15) is 9.59 Å². The molecule has 0 spiro atoms. The van der Waals surface area contributed by atoms with Gasteiger partial charge in [0.15, 0.2) is 0 Å². The number of aryl methyl sites for hydroxylation is 1. The summed E-state index contributed by atoms with van der Waals surface area (Å²) < 4.78 is 1.54. The molecule has 0 aliphatic carbocycles. The van der Waals surface area contributed by atoms with Crippen LogP contribution in [0.25, 0.3) is 10.9 Å². The number of rotatable bonds is 7. The minimum Gasteiger partial charge on any atom is -0.344 e. The van der Waals surface area contributed by atoms with Gasteiger partial charge in [-0.25, -0.2) is 4.98 Å². The maximum absolute atomic E-state index is 12.6. The highest BCUT2D eigenvalue weighted by Gasteiger charge is 2.18. The number of nitrogens with zero attached hydrogens (tertiary/aromatic N) is 2. The molecule has 6 heteroatoms. The predicted octanol–water partition coefficient (Wildman–Crippen LogP) is 0.868. The van der Waals surface area contributed by atoms with Crippen molar-refractivity contribution in [3.63, 3.8) is 0 Å². The van der Waals surface area contributed by atoms with E-state index in [0.717, 1.165) is 12.1 Å². The van der Waals surface area contributed by atoms with Crippen molar-refractivity contribution < 1.29 is 9.69 Å². The second kappa shape index (κ2) is 8.80. The van der Waals surface area contributed by atoms with Crippen LogP contribution in [0.15, 0.2) is 59.4 Å². The van der Waals surface area contributed by atoms with Crippen molar-refractivity contribution in [3.8, 4) is 0 Å². The topological polar surface area (TPSA) is 68.4 Å². The molecule has 0 saturated carbocycles. The van der Waals surface area contributed by atoms with E-state index in [1.807, 2.05) is 48.5 Å². The Balaban J connectivity index is 1.72. The Morgan fingerprint density at radius 2 is 1.79 bits per heavy atom. The summed E-state index contributed by atoms with van der Waals surface area (Å²) in [6.07, 6.45) is 0.698. The van der Waals surface area contributed by atoms with Gasteiger partial charge >= 0.3 is 0 Å². The van der Waals surface area contributed by atoms with Crippen molar-refractivity contribution in [1.82, 2.24) is 14.9 Å². The molecule has 1 heterocycles. The van der Waals surface area contributed by atoms with Gasteiger partial charge in [-0.15, -0.1) is 0 Å². The molecule has 0 radical (unpaired) electrons. The second-order valence-corrected chi connectivity index (χ2v) is 7.35. The number of amides is 1. The van der Waals surface area contributed by atoms with Crippen LogP contribution in [0, 0.1) is 0 Å². The molecular formula is C22H27N4O2+.